The van der Waals surface area contributed by atoms with Gasteiger partial charge < -0.3 is 18.6 Å². The highest BCUT2D eigenvalue weighted by Gasteiger charge is 2.30. The minimum absolute atomic E-state index is 0.186. The molecule has 1 aromatic heterocycles. The molecule has 6 heteroatoms. The van der Waals surface area contributed by atoms with Crippen molar-refractivity contribution < 1.29 is 28.2 Å². The number of esters is 1. The Bertz CT molecular complexity index is 874. The van der Waals surface area contributed by atoms with E-state index in [0.29, 0.717) is 28.4 Å². The zero-order valence-electron chi connectivity index (χ0n) is 14.4. The topological polar surface area (TPSA) is 75.0 Å². The molecule has 1 aromatic carbocycles. The maximum Gasteiger partial charge on any atom is 0.346 e. The molecule has 1 unspecified atom stereocenters. The second-order valence-electron chi connectivity index (χ2n) is 5.78. The summed E-state index contributed by atoms with van der Waals surface area (Å²) in [5.41, 5.74) is 1.18. The molecule has 130 valence electrons. The SMILES string of the molecule is COC(=O)C(C)Oc1cc(C)c2c(c1)O/C(=C\c1ccc(C)o1)C2=O. The smallest absolute Gasteiger partial charge is 0.346 e. The standard InChI is InChI=1S/C19H18O6/c1-10-7-14(24-12(3)19(21)22-4)9-15-17(10)18(20)16(25-15)8-13-6-5-11(2)23-13/h5-9,12H,1-4H3/b16-8-. The number of allylic oxidation sites excluding steroid dienone is 1. The van der Waals surface area contributed by atoms with E-state index in [0.717, 1.165) is 5.76 Å². The van der Waals surface area contributed by atoms with E-state index in [1.807, 2.05) is 13.0 Å². The van der Waals surface area contributed by atoms with Gasteiger partial charge in [0, 0.05) is 12.1 Å². The Morgan fingerprint density at radius 1 is 1.24 bits per heavy atom. The number of Topliss-reactive ketones (excluding diaryl/α,β-unsaturated/α-hetero) is 1. The molecular weight excluding hydrogens is 324 g/mol. The van der Waals surface area contributed by atoms with Gasteiger partial charge in [0.05, 0.1) is 12.7 Å². The van der Waals surface area contributed by atoms with Gasteiger partial charge in [-0.05, 0) is 44.5 Å². The number of methoxy groups -OCH3 is 1. The van der Waals surface area contributed by atoms with Gasteiger partial charge in [0.25, 0.3) is 0 Å². The minimum Gasteiger partial charge on any atom is -0.479 e. The number of ketones is 1. The first-order valence-corrected chi connectivity index (χ1v) is 7.79. The first-order valence-electron chi connectivity index (χ1n) is 7.79. The Morgan fingerprint density at radius 2 is 2.00 bits per heavy atom. The Labute approximate surface area is 145 Å². The summed E-state index contributed by atoms with van der Waals surface area (Å²) in [7, 11) is 1.30. The highest BCUT2D eigenvalue weighted by molar-refractivity contribution is 6.15. The van der Waals surface area contributed by atoms with E-state index < -0.39 is 12.1 Å². The first-order chi connectivity index (χ1) is 11.9. The lowest BCUT2D eigenvalue weighted by Gasteiger charge is -2.13. The van der Waals surface area contributed by atoms with Crippen LogP contribution in [0, 0.1) is 13.8 Å². The van der Waals surface area contributed by atoms with Crippen LogP contribution in [0.15, 0.2) is 34.4 Å². The number of furan rings is 1. The van der Waals surface area contributed by atoms with E-state index >= 15 is 0 Å². The number of benzene rings is 1. The van der Waals surface area contributed by atoms with Gasteiger partial charge in [0.1, 0.15) is 23.0 Å². The molecule has 25 heavy (non-hydrogen) atoms. The van der Waals surface area contributed by atoms with Crippen LogP contribution in [-0.2, 0) is 9.53 Å². The van der Waals surface area contributed by atoms with Gasteiger partial charge in [-0.2, -0.15) is 0 Å². The summed E-state index contributed by atoms with van der Waals surface area (Å²) in [6, 6.07) is 6.86. The summed E-state index contributed by atoms with van der Waals surface area (Å²) in [4.78, 5) is 24.1. The lowest BCUT2D eigenvalue weighted by molar-refractivity contribution is -0.147. The highest BCUT2D eigenvalue weighted by Crippen LogP contribution is 2.37. The number of ether oxygens (including phenoxy) is 3. The molecule has 1 aliphatic heterocycles. The molecule has 2 heterocycles. The molecule has 0 aliphatic carbocycles. The largest absolute Gasteiger partial charge is 0.479 e. The van der Waals surface area contributed by atoms with Crippen molar-refractivity contribution in [2.75, 3.05) is 7.11 Å². The van der Waals surface area contributed by atoms with Gasteiger partial charge in [-0.3, -0.25) is 4.79 Å². The molecule has 1 aliphatic rings. The van der Waals surface area contributed by atoms with Crippen molar-refractivity contribution >= 4 is 17.8 Å². The summed E-state index contributed by atoms with van der Waals surface area (Å²) < 4.78 is 21.3. The van der Waals surface area contributed by atoms with Gasteiger partial charge in [0.15, 0.2) is 11.9 Å². The second kappa shape index (κ2) is 6.47. The molecule has 1 atom stereocenters. The third kappa shape index (κ3) is 3.28. The summed E-state index contributed by atoms with van der Waals surface area (Å²) >= 11 is 0. The molecule has 0 radical (unpaired) electrons. The zero-order valence-corrected chi connectivity index (χ0v) is 14.4. The molecule has 0 fully saturated rings. The number of carbonyl (C=O) groups excluding carboxylic acids is 2. The van der Waals surface area contributed by atoms with Crippen LogP contribution in [0.2, 0.25) is 0 Å². The van der Waals surface area contributed by atoms with E-state index in [4.69, 9.17) is 13.9 Å². The Kier molecular flexibility index (Phi) is 4.35. The molecule has 6 nitrogen and oxygen atoms in total. The average Bonchev–Trinajstić information content (AvgIpc) is 3.10. The summed E-state index contributed by atoms with van der Waals surface area (Å²) in [5, 5.41) is 0. The molecule has 2 aromatic rings. The molecule has 0 bridgehead atoms. The average molecular weight is 342 g/mol. The van der Waals surface area contributed by atoms with Crippen LogP contribution in [0.1, 0.15) is 34.4 Å². The van der Waals surface area contributed by atoms with Crippen molar-refractivity contribution in [3.05, 3.63) is 52.7 Å². The van der Waals surface area contributed by atoms with E-state index in [1.54, 1.807) is 38.1 Å². The predicted molar refractivity (Wildman–Crippen MR) is 89.7 cm³/mol. The summed E-state index contributed by atoms with van der Waals surface area (Å²) in [6.07, 6.45) is 0.799. The molecule has 3 rings (SSSR count). The third-order valence-electron chi connectivity index (χ3n) is 3.82. The Balaban J connectivity index is 1.89. The van der Waals surface area contributed by atoms with Crippen molar-refractivity contribution in [2.45, 2.75) is 26.9 Å². The number of fused-ring (bicyclic) bond motifs is 1. The van der Waals surface area contributed by atoms with E-state index in [-0.39, 0.29) is 11.5 Å². The van der Waals surface area contributed by atoms with Gasteiger partial charge in [-0.1, -0.05) is 0 Å². The molecular formula is C19H18O6. The minimum atomic E-state index is -0.763. The number of hydrogen-bond donors (Lipinski definition) is 0. The van der Waals surface area contributed by atoms with Crippen LogP contribution < -0.4 is 9.47 Å². The fourth-order valence-electron chi connectivity index (χ4n) is 2.62. The summed E-state index contributed by atoms with van der Waals surface area (Å²) in [6.45, 7) is 5.20. The molecule has 0 spiro atoms. The van der Waals surface area contributed by atoms with Crippen molar-refractivity contribution in [2.24, 2.45) is 0 Å². The third-order valence-corrected chi connectivity index (χ3v) is 3.82. The Morgan fingerprint density at radius 3 is 2.64 bits per heavy atom. The Hall–Kier alpha value is -3.02. The fourth-order valence-corrected chi connectivity index (χ4v) is 2.62. The number of hydrogen-bond acceptors (Lipinski definition) is 6. The number of aryl methyl sites for hydroxylation is 2. The van der Waals surface area contributed by atoms with Gasteiger partial charge in [0.2, 0.25) is 5.78 Å². The van der Waals surface area contributed by atoms with E-state index in [9.17, 15) is 9.59 Å². The highest BCUT2D eigenvalue weighted by atomic mass is 16.6. The monoisotopic (exact) mass is 342 g/mol. The normalized spacial score (nSPS) is 15.7. The maximum atomic E-state index is 12.6. The lowest BCUT2D eigenvalue weighted by Crippen LogP contribution is -2.24. The zero-order chi connectivity index (χ0) is 18.1. The van der Waals surface area contributed by atoms with Crippen LogP contribution in [0.25, 0.3) is 6.08 Å². The second-order valence-corrected chi connectivity index (χ2v) is 5.78. The van der Waals surface area contributed by atoms with Crippen LogP contribution >= 0.6 is 0 Å². The van der Waals surface area contributed by atoms with Crippen molar-refractivity contribution in [3.63, 3.8) is 0 Å². The predicted octanol–water partition coefficient (Wildman–Crippen LogP) is 3.45. The van der Waals surface area contributed by atoms with Crippen molar-refractivity contribution in [1.29, 1.82) is 0 Å². The van der Waals surface area contributed by atoms with Crippen LogP contribution in [0.3, 0.4) is 0 Å². The van der Waals surface area contributed by atoms with E-state index in [2.05, 4.69) is 4.74 Å². The summed E-state index contributed by atoms with van der Waals surface area (Å²) in [5.74, 6) is 1.60. The van der Waals surface area contributed by atoms with Crippen LogP contribution in [0.5, 0.6) is 11.5 Å². The number of rotatable bonds is 4. The maximum absolute atomic E-state index is 12.6. The fraction of sp³-hybridized carbons (Fsp3) is 0.263. The van der Waals surface area contributed by atoms with Gasteiger partial charge in [-0.15, -0.1) is 0 Å². The quantitative estimate of drug-likeness (QED) is 0.626. The van der Waals surface area contributed by atoms with Crippen molar-refractivity contribution in [1.82, 2.24) is 0 Å². The first kappa shape index (κ1) is 16.8. The molecule has 0 saturated heterocycles. The molecule has 0 N–H and O–H groups in total. The molecule has 0 amide bonds. The number of carbonyl (C=O) groups is 2. The van der Waals surface area contributed by atoms with Gasteiger partial charge >= 0.3 is 5.97 Å². The molecule has 0 saturated carbocycles. The van der Waals surface area contributed by atoms with Crippen molar-refractivity contribution in [3.8, 4) is 11.5 Å². The lowest BCUT2D eigenvalue weighted by atomic mass is 10.0. The van der Waals surface area contributed by atoms with Crippen LogP contribution in [0.4, 0.5) is 0 Å². The van der Waals surface area contributed by atoms with Crippen LogP contribution in [-0.4, -0.2) is 25.0 Å². The van der Waals surface area contributed by atoms with E-state index in [1.165, 1.54) is 7.11 Å². The van der Waals surface area contributed by atoms with Gasteiger partial charge in [-0.25, -0.2) is 4.79 Å².